The van der Waals surface area contributed by atoms with Crippen LogP contribution in [0.2, 0.25) is 0 Å². The molecule has 1 saturated heterocycles. The van der Waals surface area contributed by atoms with Crippen LogP contribution in [0.5, 0.6) is 5.75 Å². The van der Waals surface area contributed by atoms with E-state index in [4.69, 9.17) is 4.74 Å². The van der Waals surface area contributed by atoms with Gasteiger partial charge in [0.1, 0.15) is 11.5 Å². The number of non-ortho nitro benzene ring substituents is 1. The Kier molecular flexibility index (Phi) is 6.18. The number of nitrogens with zero attached hydrogens (tertiary/aromatic N) is 3. The second-order valence-corrected chi connectivity index (χ2v) is 8.08. The number of hydrogen-bond donors (Lipinski definition) is 1. The number of nitro groups is 1. The molecular formula is C23H19N3O6S. The molecule has 0 bridgehead atoms. The van der Waals surface area contributed by atoms with Gasteiger partial charge in [0.15, 0.2) is 5.13 Å². The van der Waals surface area contributed by atoms with Crippen molar-refractivity contribution in [3.8, 4) is 5.75 Å². The third kappa shape index (κ3) is 4.20. The molecule has 168 valence electrons. The number of amides is 1. The summed E-state index contributed by atoms with van der Waals surface area (Å²) < 4.78 is 5.55. The van der Waals surface area contributed by atoms with E-state index in [-0.39, 0.29) is 22.2 Å². The van der Waals surface area contributed by atoms with Crippen molar-refractivity contribution in [3.05, 3.63) is 86.9 Å². The van der Waals surface area contributed by atoms with E-state index < -0.39 is 22.7 Å². The first-order valence-electron chi connectivity index (χ1n) is 10.1. The Morgan fingerprint density at radius 1 is 1.24 bits per heavy atom. The minimum absolute atomic E-state index is 0.169. The van der Waals surface area contributed by atoms with Crippen LogP contribution in [-0.2, 0) is 9.59 Å². The van der Waals surface area contributed by atoms with Gasteiger partial charge >= 0.3 is 5.91 Å². The molecule has 1 aliphatic heterocycles. The summed E-state index contributed by atoms with van der Waals surface area (Å²) in [7, 11) is 0. The predicted octanol–water partition coefficient (Wildman–Crippen LogP) is 4.47. The maximum absolute atomic E-state index is 13.0. The Morgan fingerprint density at radius 3 is 2.64 bits per heavy atom. The second kappa shape index (κ2) is 9.21. The first-order chi connectivity index (χ1) is 15.9. The first-order valence-corrected chi connectivity index (χ1v) is 11.0. The summed E-state index contributed by atoms with van der Waals surface area (Å²) in [5.74, 6) is -1.55. The summed E-state index contributed by atoms with van der Waals surface area (Å²) in [6.45, 7) is 2.52. The molecule has 33 heavy (non-hydrogen) atoms. The van der Waals surface area contributed by atoms with Gasteiger partial charge in [-0.05, 0) is 36.2 Å². The molecule has 0 unspecified atom stereocenters. The average Bonchev–Trinajstić information content (AvgIpc) is 3.44. The van der Waals surface area contributed by atoms with Gasteiger partial charge in [-0.1, -0.05) is 19.1 Å². The molecule has 0 spiro atoms. The standard InChI is InChI=1S/C23H19N3O6S/c1-2-11-32-17-8-6-14(7-9-17)20(27)18-19(15-4-3-5-16(13-15)26(30)31)25(22(29)21(18)28)23-24-10-12-33-23/h3-10,12-13,19,27H,2,11H2,1H3/b20-18+/t19-/m0/s1. The van der Waals surface area contributed by atoms with E-state index in [2.05, 4.69) is 4.98 Å². The number of ether oxygens (including phenoxy) is 1. The molecule has 1 aromatic heterocycles. The summed E-state index contributed by atoms with van der Waals surface area (Å²) in [4.78, 5) is 42.1. The minimum atomic E-state index is -1.08. The summed E-state index contributed by atoms with van der Waals surface area (Å²) >= 11 is 1.14. The largest absolute Gasteiger partial charge is 0.507 e. The number of carbonyl (C=O) groups is 2. The lowest BCUT2D eigenvalue weighted by molar-refractivity contribution is -0.384. The Bertz CT molecular complexity index is 1240. The van der Waals surface area contributed by atoms with Crippen molar-refractivity contribution in [1.29, 1.82) is 0 Å². The number of aromatic nitrogens is 1. The van der Waals surface area contributed by atoms with Crippen LogP contribution in [0.4, 0.5) is 10.8 Å². The molecule has 1 fully saturated rings. The number of carbonyl (C=O) groups excluding carboxylic acids is 2. The fourth-order valence-corrected chi connectivity index (χ4v) is 4.24. The lowest BCUT2D eigenvalue weighted by atomic mass is 9.95. The molecule has 0 radical (unpaired) electrons. The topological polar surface area (TPSA) is 123 Å². The van der Waals surface area contributed by atoms with Gasteiger partial charge in [0, 0.05) is 29.3 Å². The van der Waals surface area contributed by atoms with Crippen LogP contribution in [0.1, 0.15) is 30.5 Å². The van der Waals surface area contributed by atoms with Gasteiger partial charge in [0.2, 0.25) is 0 Å². The van der Waals surface area contributed by atoms with Crippen LogP contribution in [-0.4, -0.2) is 33.3 Å². The number of benzene rings is 2. The van der Waals surface area contributed by atoms with E-state index in [1.807, 2.05) is 6.92 Å². The monoisotopic (exact) mass is 465 g/mol. The number of anilines is 1. The highest BCUT2D eigenvalue weighted by Crippen LogP contribution is 2.43. The number of rotatable bonds is 7. The van der Waals surface area contributed by atoms with E-state index in [0.717, 1.165) is 22.7 Å². The second-order valence-electron chi connectivity index (χ2n) is 7.21. The third-order valence-electron chi connectivity index (χ3n) is 5.07. The van der Waals surface area contributed by atoms with E-state index in [1.165, 1.54) is 24.4 Å². The van der Waals surface area contributed by atoms with Crippen LogP contribution in [0.15, 0.2) is 65.7 Å². The van der Waals surface area contributed by atoms with E-state index >= 15 is 0 Å². The van der Waals surface area contributed by atoms with Crippen LogP contribution < -0.4 is 9.64 Å². The molecule has 0 saturated carbocycles. The summed E-state index contributed by atoms with van der Waals surface area (Å²) in [6, 6.07) is 11.0. The van der Waals surface area contributed by atoms with Gasteiger partial charge in [0.05, 0.1) is 23.1 Å². The molecule has 2 heterocycles. The minimum Gasteiger partial charge on any atom is -0.507 e. The van der Waals surface area contributed by atoms with E-state index in [1.54, 1.807) is 35.7 Å². The maximum atomic E-state index is 13.0. The lowest BCUT2D eigenvalue weighted by Gasteiger charge is -2.22. The predicted molar refractivity (Wildman–Crippen MR) is 122 cm³/mol. The summed E-state index contributed by atoms with van der Waals surface area (Å²) in [5.41, 5.74) is 0.252. The van der Waals surface area contributed by atoms with E-state index in [0.29, 0.717) is 23.5 Å². The van der Waals surface area contributed by atoms with E-state index in [9.17, 15) is 24.8 Å². The number of ketones is 1. The molecule has 0 aliphatic carbocycles. The number of hydrogen-bond acceptors (Lipinski definition) is 8. The number of aliphatic hydroxyl groups is 1. The Morgan fingerprint density at radius 2 is 2.00 bits per heavy atom. The highest BCUT2D eigenvalue weighted by molar-refractivity contribution is 7.14. The van der Waals surface area contributed by atoms with Gasteiger partial charge in [-0.3, -0.25) is 24.6 Å². The normalized spacial score (nSPS) is 17.4. The Balaban J connectivity index is 1.85. The average molecular weight is 465 g/mol. The highest BCUT2D eigenvalue weighted by Gasteiger charge is 2.48. The molecule has 1 aliphatic rings. The van der Waals surface area contributed by atoms with Crippen molar-refractivity contribution in [3.63, 3.8) is 0 Å². The molecule has 3 aromatic rings. The quantitative estimate of drug-likeness (QED) is 0.180. The van der Waals surface area contributed by atoms with Gasteiger partial charge < -0.3 is 9.84 Å². The molecule has 1 amide bonds. The zero-order chi connectivity index (χ0) is 23.5. The van der Waals surface area contributed by atoms with Crippen LogP contribution in [0, 0.1) is 10.1 Å². The van der Waals surface area contributed by atoms with Crippen LogP contribution in [0.3, 0.4) is 0 Å². The van der Waals surface area contributed by atoms with Crippen LogP contribution >= 0.6 is 11.3 Å². The van der Waals surface area contributed by atoms with Crippen molar-refractivity contribution in [2.45, 2.75) is 19.4 Å². The first kappa shape index (κ1) is 22.2. The number of Topliss-reactive ketones (excluding diaryl/α,β-unsaturated/α-hetero) is 1. The summed E-state index contributed by atoms with van der Waals surface area (Å²) in [5, 5.41) is 24.3. The molecule has 1 atom stereocenters. The zero-order valence-corrected chi connectivity index (χ0v) is 18.3. The molecule has 4 rings (SSSR count). The Labute approximate surface area is 192 Å². The van der Waals surface area contributed by atoms with Crippen molar-refractivity contribution in [2.24, 2.45) is 0 Å². The van der Waals surface area contributed by atoms with Crippen molar-refractivity contribution < 1.29 is 24.4 Å². The van der Waals surface area contributed by atoms with Crippen molar-refractivity contribution in [1.82, 2.24) is 4.98 Å². The van der Waals surface area contributed by atoms with Gasteiger partial charge in [-0.15, -0.1) is 11.3 Å². The fourth-order valence-electron chi connectivity index (χ4n) is 3.57. The zero-order valence-electron chi connectivity index (χ0n) is 17.5. The number of aliphatic hydroxyl groups excluding tert-OH is 1. The van der Waals surface area contributed by atoms with Gasteiger partial charge in [-0.2, -0.15) is 0 Å². The number of thiazole rings is 1. The smallest absolute Gasteiger partial charge is 0.301 e. The number of nitro benzene ring substituents is 1. The maximum Gasteiger partial charge on any atom is 0.301 e. The lowest BCUT2D eigenvalue weighted by Crippen LogP contribution is -2.29. The van der Waals surface area contributed by atoms with Crippen LogP contribution in [0.25, 0.3) is 5.76 Å². The van der Waals surface area contributed by atoms with Gasteiger partial charge in [0.25, 0.3) is 11.5 Å². The molecule has 2 aromatic carbocycles. The molecule has 10 heteroatoms. The van der Waals surface area contributed by atoms with Gasteiger partial charge in [-0.25, -0.2) is 4.98 Å². The van der Waals surface area contributed by atoms with Crippen molar-refractivity contribution in [2.75, 3.05) is 11.5 Å². The Hall–Kier alpha value is -4.05. The SMILES string of the molecule is CCCOc1ccc(/C(O)=C2\C(=O)C(=O)N(c3nccs3)[C@H]2c2cccc([N+](=O)[O-])c2)cc1. The van der Waals surface area contributed by atoms with Crippen molar-refractivity contribution >= 4 is 39.6 Å². The molecular weight excluding hydrogens is 446 g/mol. The highest BCUT2D eigenvalue weighted by atomic mass is 32.1. The third-order valence-corrected chi connectivity index (χ3v) is 5.84. The molecule has 9 nitrogen and oxygen atoms in total. The molecule has 1 N–H and O–H groups in total. The summed E-state index contributed by atoms with van der Waals surface area (Å²) in [6.07, 6.45) is 2.32. The fraction of sp³-hybridized carbons (Fsp3) is 0.174.